The molecule has 0 spiro atoms. The molecule has 0 N–H and O–H groups in total. The highest BCUT2D eigenvalue weighted by atomic mass is 16.6. The fraction of sp³-hybridized carbons (Fsp3) is 0.667. The van der Waals surface area contributed by atoms with Crippen molar-refractivity contribution in [2.45, 2.75) is 39.3 Å². The van der Waals surface area contributed by atoms with E-state index in [1.54, 1.807) is 4.90 Å². The SMILES string of the molecule is CN(C)CCCOc1ccc(CN2CCN(C(=O)OC(C)(C)C)CC2)cc1. The van der Waals surface area contributed by atoms with Gasteiger partial charge in [0.05, 0.1) is 6.61 Å². The molecule has 6 heteroatoms. The summed E-state index contributed by atoms with van der Waals surface area (Å²) >= 11 is 0. The lowest BCUT2D eigenvalue weighted by Crippen LogP contribution is -2.49. The fourth-order valence-corrected chi connectivity index (χ4v) is 2.94. The molecular weight excluding hydrogens is 342 g/mol. The summed E-state index contributed by atoms with van der Waals surface area (Å²) in [5.74, 6) is 0.923. The van der Waals surface area contributed by atoms with E-state index in [2.05, 4.69) is 36.0 Å². The highest BCUT2D eigenvalue weighted by molar-refractivity contribution is 5.68. The molecule has 0 aromatic heterocycles. The number of rotatable bonds is 7. The van der Waals surface area contributed by atoms with E-state index in [9.17, 15) is 4.79 Å². The van der Waals surface area contributed by atoms with E-state index in [1.807, 2.05) is 32.9 Å². The molecule has 0 radical (unpaired) electrons. The van der Waals surface area contributed by atoms with Crippen LogP contribution in [0.3, 0.4) is 0 Å². The van der Waals surface area contributed by atoms with Crippen LogP contribution in [0.2, 0.25) is 0 Å². The monoisotopic (exact) mass is 377 g/mol. The molecule has 0 aliphatic carbocycles. The van der Waals surface area contributed by atoms with Gasteiger partial charge in [0.15, 0.2) is 0 Å². The van der Waals surface area contributed by atoms with Gasteiger partial charge < -0.3 is 19.3 Å². The van der Waals surface area contributed by atoms with Gasteiger partial charge in [-0.05, 0) is 59.0 Å². The molecule has 0 unspecified atom stereocenters. The van der Waals surface area contributed by atoms with Gasteiger partial charge in [-0.2, -0.15) is 0 Å². The van der Waals surface area contributed by atoms with Gasteiger partial charge in [-0.15, -0.1) is 0 Å². The molecule has 1 aliphatic heterocycles. The van der Waals surface area contributed by atoms with Gasteiger partial charge in [0.1, 0.15) is 11.4 Å². The van der Waals surface area contributed by atoms with Crippen molar-refractivity contribution in [3.8, 4) is 5.75 Å². The predicted octanol–water partition coefficient (Wildman–Crippen LogP) is 3.07. The number of hydrogen-bond acceptors (Lipinski definition) is 5. The van der Waals surface area contributed by atoms with Gasteiger partial charge in [-0.3, -0.25) is 4.90 Å². The zero-order chi connectivity index (χ0) is 19.9. The zero-order valence-electron chi connectivity index (χ0n) is 17.5. The first-order valence-electron chi connectivity index (χ1n) is 9.80. The topological polar surface area (TPSA) is 45.2 Å². The molecule has 0 saturated carbocycles. The number of ether oxygens (including phenoxy) is 2. The van der Waals surface area contributed by atoms with Crippen LogP contribution in [0.4, 0.5) is 4.79 Å². The standard InChI is InChI=1S/C21H35N3O3/c1-21(2,3)27-20(25)24-14-12-23(13-15-24)17-18-7-9-19(10-8-18)26-16-6-11-22(4)5/h7-10H,6,11-17H2,1-5H3. The van der Waals surface area contributed by atoms with Crippen molar-refractivity contribution in [2.75, 3.05) is 53.4 Å². The first-order chi connectivity index (χ1) is 12.7. The third kappa shape index (κ3) is 8.18. The third-order valence-corrected chi connectivity index (χ3v) is 4.37. The Balaban J connectivity index is 1.71. The summed E-state index contributed by atoms with van der Waals surface area (Å²) in [5.41, 5.74) is 0.825. The van der Waals surface area contributed by atoms with Gasteiger partial charge in [0.2, 0.25) is 0 Å². The van der Waals surface area contributed by atoms with Crippen LogP contribution in [-0.4, -0.2) is 79.8 Å². The zero-order valence-corrected chi connectivity index (χ0v) is 17.5. The van der Waals surface area contributed by atoms with Gasteiger partial charge in [0.25, 0.3) is 0 Å². The van der Waals surface area contributed by atoms with Gasteiger partial charge in [-0.25, -0.2) is 4.79 Å². The maximum atomic E-state index is 12.1. The summed E-state index contributed by atoms with van der Waals surface area (Å²) in [6, 6.07) is 8.34. The van der Waals surface area contributed by atoms with Gasteiger partial charge in [0, 0.05) is 39.3 Å². The van der Waals surface area contributed by atoms with Crippen LogP contribution in [0, 0.1) is 0 Å². The van der Waals surface area contributed by atoms with Crippen LogP contribution in [0.25, 0.3) is 0 Å². The molecule has 27 heavy (non-hydrogen) atoms. The van der Waals surface area contributed by atoms with Crippen LogP contribution in [0.5, 0.6) is 5.75 Å². The third-order valence-electron chi connectivity index (χ3n) is 4.37. The molecule has 2 rings (SSSR count). The Kier molecular flexibility index (Phi) is 7.92. The number of carbonyl (C=O) groups is 1. The smallest absolute Gasteiger partial charge is 0.410 e. The molecule has 0 bridgehead atoms. The fourth-order valence-electron chi connectivity index (χ4n) is 2.94. The number of hydrogen-bond donors (Lipinski definition) is 0. The summed E-state index contributed by atoms with van der Waals surface area (Å²) in [4.78, 5) is 18.5. The normalized spacial score (nSPS) is 15.9. The summed E-state index contributed by atoms with van der Waals surface area (Å²) in [6.45, 7) is 11.5. The first kappa shape index (κ1) is 21.5. The van der Waals surface area contributed by atoms with Crippen molar-refractivity contribution in [1.82, 2.24) is 14.7 Å². The molecule has 152 valence electrons. The molecule has 1 aromatic carbocycles. The number of carbonyl (C=O) groups excluding carboxylic acids is 1. The summed E-state index contributed by atoms with van der Waals surface area (Å²) in [7, 11) is 4.14. The van der Waals surface area contributed by atoms with Gasteiger partial charge in [-0.1, -0.05) is 12.1 Å². The second-order valence-electron chi connectivity index (χ2n) is 8.39. The second kappa shape index (κ2) is 9.95. The minimum Gasteiger partial charge on any atom is -0.494 e. The number of piperazine rings is 1. The minimum absolute atomic E-state index is 0.210. The molecule has 1 amide bonds. The van der Waals surface area contributed by atoms with Crippen LogP contribution in [0.1, 0.15) is 32.8 Å². The molecular formula is C21H35N3O3. The Morgan fingerprint density at radius 1 is 1.07 bits per heavy atom. The van der Waals surface area contributed by atoms with Crippen LogP contribution in [-0.2, 0) is 11.3 Å². The average molecular weight is 378 g/mol. The molecule has 1 saturated heterocycles. The average Bonchev–Trinajstić information content (AvgIpc) is 2.59. The van der Waals surface area contributed by atoms with Crippen LogP contribution < -0.4 is 4.74 Å². The predicted molar refractivity (Wildman–Crippen MR) is 108 cm³/mol. The number of amides is 1. The van der Waals surface area contributed by atoms with Crippen molar-refractivity contribution in [3.63, 3.8) is 0 Å². The van der Waals surface area contributed by atoms with Crippen molar-refractivity contribution >= 4 is 6.09 Å². The molecule has 6 nitrogen and oxygen atoms in total. The Labute approximate surface area is 164 Å². The molecule has 0 atom stereocenters. The number of benzene rings is 1. The summed E-state index contributed by atoms with van der Waals surface area (Å²) < 4.78 is 11.2. The molecule has 1 aliphatic rings. The highest BCUT2D eigenvalue weighted by Crippen LogP contribution is 2.16. The first-order valence-corrected chi connectivity index (χ1v) is 9.80. The van der Waals surface area contributed by atoms with E-state index in [-0.39, 0.29) is 6.09 Å². The van der Waals surface area contributed by atoms with E-state index in [0.29, 0.717) is 13.1 Å². The lowest BCUT2D eigenvalue weighted by atomic mass is 10.2. The lowest BCUT2D eigenvalue weighted by Gasteiger charge is -2.35. The van der Waals surface area contributed by atoms with Crippen LogP contribution in [0.15, 0.2) is 24.3 Å². The van der Waals surface area contributed by atoms with E-state index in [0.717, 1.165) is 45.0 Å². The van der Waals surface area contributed by atoms with Gasteiger partial charge >= 0.3 is 6.09 Å². The van der Waals surface area contributed by atoms with Crippen LogP contribution >= 0.6 is 0 Å². The van der Waals surface area contributed by atoms with Crippen molar-refractivity contribution in [2.24, 2.45) is 0 Å². The molecule has 1 fully saturated rings. The Morgan fingerprint density at radius 3 is 2.26 bits per heavy atom. The quantitative estimate of drug-likeness (QED) is 0.684. The van der Waals surface area contributed by atoms with Crippen molar-refractivity contribution in [3.05, 3.63) is 29.8 Å². The summed E-state index contributed by atoms with van der Waals surface area (Å²) in [6.07, 6.45) is 0.814. The van der Waals surface area contributed by atoms with E-state index in [1.165, 1.54) is 5.56 Å². The van der Waals surface area contributed by atoms with Crippen molar-refractivity contribution in [1.29, 1.82) is 0 Å². The minimum atomic E-state index is -0.440. The number of nitrogens with zero attached hydrogens (tertiary/aromatic N) is 3. The second-order valence-corrected chi connectivity index (χ2v) is 8.39. The molecule has 1 aromatic rings. The van der Waals surface area contributed by atoms with Crippen molar-refractivity contribution < 1.29 is 14.3 Å². The van der Waals surface area contributed by atoms with E-state index < -0.39 is 5.60 Å². The lowest BCUT2D eigenvalue weighted by molar-refractivity contribution is 0.0139. The van der Waals surface area contributed by atoms with E-state index in [4.69, 9.17) is 9.47 Å². The maximum absolute atomic E-state index is 12.1. The highest BCUT2D eigenvalue weighted by Gasteiger charge is 2.25. The Morgan fingerprint density at radius 2 is 1.70 bits per heavy atom. The Hall–Kier alpha value is -1.79. The maximum Gasteiger partial charge on any atom is 0.410 e. The largest absolute Gasteiger partial charge is 0.494 e. The van der Waals surface area contributed by atoms with E-state index >= 15 is 0 Å². The summed E-state index contributed by atoms with van der Waals surface area (Å²) in [5, 5.41) is 0. The Bertz CT molecular complexity index is 573. The molecule has 1 heterocycles.